The fourth-order valence-electron chi connectivity index (χ4n) is 9.00. The molecule has 46 heteroatoms. The molecule has 0 saturated heterocycles. The fourth-order valence-corrected chi connectivity index (χ4v) is 52.8. The summed E-state index contributed by atoms with van der Waals surface area (Å²) in [5, 5.41) is 0. The van der Waals surface area contributed by atoms with Crippen molar-refractivity contribution < 1.29 is 115 Å². The zero-order chi connectivity index (χ0) is 70.0. The quantitative estimate of drug-likeness (QED) is 0.0197. The molecule has 0 aromatic heterocycles. The maximum Gasteiger partial charge on any atom is 0.588 e. The van der Waals surface area contributed by atoms with Gasteiger partial charge in [-0.2, -0.15) is 0 Å². The Labute approximate surface area is 555 Å². The van der Waals surface area contributed by atoms with Crippen LogP contribution in [0.25, 0.3) is 0 Å². The first kappa shape index (κ1) is 90.5. The largest absolute Gasteiger partial charge is 0.588 e. The van der Waals surface area contributed by atoms with Crippen molar-refractivity contribution in [2.75, 3.05) is 108 Å². The summed E-state index contributed by atoms with van der Waals surface area (Å²) in [5.74, 6) is -4.38. The molecule has 0 aliphatic rings. The summed E-state index contributed by atoms with van der Waals surface area (Å²) in [7, 11) is -38.1. The molecular formula is C46H114N10O26Si10. The van der Waals surface area contributed by atoms with E-state index in [9.17, 15) is 24.0 Å². The van der Waals surface area contributed by atoms with Crippen LogP contribution >= 0.6 is 0 Å². The first-order valence-corrected chi connectivity index (χ1v) is 50.0. The van der Waals surface area contributed by atoms with Crippen LogP contribution in [0.1, 0.15) is 98.8 Å². The monoisotopic (exact) mass is 1500 g/mol. The van der Waals surface area contributed by atoms with Crippen molar-refractivity contribution in [1.29, 1.82) is 0 Å². The van der Waals surface area contributed by atoms with Crippen LogP contribution in [0.2, 0.25) is 60.4 Å². The van der Waals surface area contributed by atoms with Crippen LogP contribution in [0, 0.1) is 0 Å². The second-order valence-electron chi connectivity index (χ2n) is 20.7. The molecule has 0 heterocycles. The van der Waals surface area contributed by atoms with Gasteiger partial charge in [0.1, 0.15) is 0 Å². The number of hydrogen-bond donors (Lipinski definition) is 10. The lowest BCUT2D eigenvalue weighted by atomic mass is 10.5. The van der Waals surface area contributed by atoms with Crippen LogP contribution in [-0.4, -0.2) is 226 Å². The number of rotatable bonds is 60. The average Bonchev–Trinajstić information content (AvgIpc) is 0.768. The van der Waals surface area contributed by atoms with E-state index in [1.54, 1.807) is 0 Å². The smallest absolute Gasteiger partial charge is 0.474 e. The third-order valence-electron chi connectivity index (χ3n) is 12.8. The van der Waals surface area contributed by atoms with Crippen LogP contribution in [0.3, 0.4) is 0 Å². The predicted molar refractivity (Wildman–Crippen MR) is 355 cm³/mol. The molecule has 0 spiro atoms. The first-order chi connectivity index (χ1) is 43.6. The third kappa shape index (κ3) is 32.9. The molecule has 92 heavy (non-hydrogen) atoms. The summed E-state index contributed by atoms with van der Waals surface area (Å²) in [6, 6.07) is -1.35. The van der Waals surface area contributed by atoms with Crippen molar-refractivity contribution in [3.05, 3.63) is 0 Å². The molecule has 0 fully saturated rings. The first-order valence-electron chi connectivity index (χ1n) is 30.8. The van der Waals surface area contributed by atoms with Gasteiger partial charge in [-0.1, -0.05) is 0 Å². The second-order valence-corrected chi connectivity index (χ2v) is 49.7. The molecule has 0 aliphatic heterocycles. The maximum absolute atomic E-state index is 14.0. The fraction of sp³-hybridized carbons (Fsp3) is 0.891. The van der Waals surface area contributed by atoms with E-state index in [0.717, 1.165) is 27.7 Å². The highest BCUT2D eigenvalue weighted by Gasteiger charge is 2.70. The van der Waals surface area contributed by atoms with Gasteiger partial charge in [0.15, 0.2) is 0 Å². The Morgan fingerprint density at radius 1 is 0.283 bits per heavy atom. The second kappa shape index (κ2) is 47.5. The summed E-state index contributed by atoms with van der Waals surface area (Å²) >= 11 is 0. The van der Waals surface area contributed by atoms with Gasteiger partial charge < -0.3 is 139 Å². The van der Waals surface area contributed by atoms with Gasteiger partial charge in [-0.25, -0.2) is 9.46 Å². The Balaban J connectivity index is 9.56. The Bertz CT molecular complexity index is 2100. The minimum atomic E-state index is -5.12. The predicted octanol–water partition coefficient (Wildman–Crippen LogP) is -1.08. The molecule has 0 rings (SSSR count). The van der Waals surface area contributed by atoms with Gasteiger partial charge in [0.25, 0.3) is 29.8 Å². The van der Waals surface area contributed by atoms with E-state index in [1.807, 2.05) is 0 Å². The summed E-state index contributed by atoms with van der Waals surface area (Å²) in [6.45, 7) is 6.10. The molecule has 0 saturated carbocycles. The van der Waals surface area contributed by atoms with Gasteiger partial charge in [-0.15, -0.1) is 0 Å². The normalized spacial score (nSPS) is 18.2. The third-order valence-corrected chi connectivity index (χ3v) is 51.2. The van der Waals surface area contributed by atoms with Crippen molar-refractivity contribution in [3.63, 3.8) is 0 Å². The van der Waals surface area contributed by atoms with Gasteiger partial charge in [0, 0.05) is 125 Å². The molecule has 10 atom stereocenters. The Kier molecular flexibility index (Phi) is 46.7. The van der Waals surface area contributed by atoms with E-state index in [1.165, 1.54) is 49.6 Å². The molecule has 0 bridgehead atoms. The summed E-state index contributed by atoms with van der Waals surface area (Å²) in [4.78, 5) is 73.1. The maximum atomic E-state index is 14.0. The summed E-state index contributed by atoms with van der Waals surface area (Å²) in [5.41, 5.74) is 61.7. The molecule has 0 radical (unpaired) electrons. The molecule has 0 amide bonds. The van der Waals surface area contributed by atoms with Crippen LogP contribution in [0.4, 0.5) is 0 Å². The van der Waals surface area contributed by atoms with Crippen LogP contribution in [-0.2, 0) is 115 Å². The molecule has 36 nitrogen and oxygen atoms in total. The highest BCUT2D eigenvalue weighted by atomic mass is 28.6. The van der Waals surface area contributed by atoms with E-state index in [0.29, 0.717) is 19.0 Å². The minimum absolute atomic E-state index is 0.00911. The van der Waals surface area contributed by atoms with E-state index in [-0.39, 0.29) is 171 Å². The van der Waals surface area contributed by atoms with Gasteiger partial charge >= 0.3 is 88.5 Å². The van der Waals surface area contributed by atoms with Gasteiger partial charge in [0.05, 0.1) is 7.11 Å². The van der Waals surface area contributed by atoms with E-state index >= 15 is 0 Å². The molecule has 10 unspecified atom stereocenters. The number of nitrogens with two attached hydrogens (primary N) is 10. The van der Waals surface area contributed by atoms with Crippen LogP contribution in [0.15, 0.2) is 0 Å². The highest BCUT2D eigenvalue weighted by molar-refractivity contribution is 6.90. The standard InChI is InChI=1S/C46H114N10O26Si10/c1-42(57)68-88(73-62-6,37-17-27-52)75-84(64-8,33-13-23-48)77-90(39-19-29-54,70-44(3)59)79-86(66-10,35-15-25-50)81-92(41-21-31-56,72-46(5)61)82-87(67-11,36-16-26-51)80-91(40-20-30-55,71-45(4)60)78-85(65-9,34-14-24-49)76-89(38-18-28-53,69-43(2)58)74-83(63-7)32-12-22-47/h83H,12-41,47-56H2,1-11H3. The highest BCUT2D eigenvalue weighted by Crippen LogP contribution is 2.41. The number of hydrogen-bond acceptors (Lipinski definition) is 36. The topological polar surface area (TPSA) is 539 Å². The van der Waals surface area contributed by atoms with E-state index < -0.39 is 118 Å². The van der Waals surface area contributed by atoms with Gasteiger partial charge in [-0.05, 0) is 136 Å². The molecular weight excluding hydrogens is 1390 g/mol. The zero-order valence-electron chi connectivity index (χ0n) is 56.2. The molecule has 0 aromatic carbocycles. The lowest BCUT2D eigenvalue weighted by molar-refractivity contribution is -0.224. The average molecular weight is 1500 g/mol. The van der Waals surface area contributed by atoms with Gasteiger partial charge in [0.2, 0.25) is 0 Å². The van der Waals surface area contributed by atoms with Crippen molar-refractivity contribution in [2.45, 2.75) is 159 Å². The van der Waals surface area contributed by atoms with E-state index in [4.69, 9.17) is 148 Å². The molecule has 0 aromatic rings. The lowest BCUT2D eigenvalue weighted by Crippen LogP contribution is -2.71. The zero-order valence-corrected chi connectivity index (χ0v) is 66.3. The Morgan fingerprint density at radius 3 is 0.696 bits per heavy atom. The molecule has 20 N–H and O–H groups in total. The van der Waals surface area contributed by atoms with Crippen LogP contribution in [0.5, 0.6) is 0 Å². The van der Waals surface area contributed by atoms with Crippen molar-refractivity contribution >= 4 is 118 Å². The summed E-state index contributed by atoms with van der Waals surface area (Å²) < 4.78 is 132. The van der Waals surface area contributed by atoms with E-state index in [2.05, 4.69) is 0 Å². The van der Waals surface area contributed by atoms with Gasteiger partial charge in [-0.3, -0.25) is 24.0 Å². The van der Waals surface area contributed by atoms with Crippen molar-refractivity contribution in [3.8, 4) is 0 Å². The SMILES string of the molecule is COO[Si](CCCN)(OC(C)=O)O[Si](CCCN)(OC)O[Si](CCCN)(OC(C)=O)O[Si](CCCN)(OC)O[Si](CCCN)(OC(C)=O)O[Si](CCCN)(OC)O[Si](CCCN)(OC(C)=O)O[Si](CCCN)(OC)O[Si](CCCN)(OC(C)=O)O[SiH](CCCN)OC. The Morgan fingerprint density at radius 2 is 0.478 bits per heavy atom. The van der Waals surface area contributed by atoms with Crippen molar-refractivity contribution in [2.24, 2.45) is 57.3 Å². The van der Waals surface area contributed by atoms with Crippen LogP contribution < -0.4 is 57.3 Å². The number of carbonyl (C=O) groups excluding carboxylic acids is 5. The molecule has 544 valence electrons. The summed E-state index contributed by atoms with van der Waals surface area (Å²) in [6.07, 6.45) is 1.45. The molecule has 0 aliphatic carbocycles. The van der Waals surface area contributed by atoms with Crippen molar-refractivity contribution in [1.82, 2.24) is 0 Å². The minimum Gasteiger partial charge on any atom is -0.474 e. The Hall–Kier alpha value is -1.52. The lowest BCUT2D eigenvalue weighted by Gasteiger charge is -2.47. The number of carbonyl (C=O) groups is 5.